The molecule has 1 saturated heterocycles. The van der Waals surface area contributed by atoms with E-state index >= 15 is 0 Å². The number of carbonyl (C=O) groups is 2. The van der Waals surface area contributed by atoms with Crippen LogP contribution >= 0.6 is 22.9 Å². The van der Waals surface area contributed by atoms with E-state index in [0.717, 1.165) is 27.8 Å². The van der Waals surface area contributed by atoms with Crippen molar-refractivity contribution in [2.24, 2.45) is 0 Å². The first-order chi connectivity index (χ1) is 17.8. The zero-order valence-electron chi connectivity index (χ0n) is 20.6. The van der Waals surface area contributed by atoms with Crippen molar-refractivity contribution in [3.8, 4) is 5.75 Å². The van der Waals surface area contributed by atoms with Crippen molar-refractivity contribution >= 4 is 55.7 Å². The number of hydrogen-bond donors (Lipinski definition) is 1. The van der Waals surface area contributed by atoms with Gasteiger partial charge < -0.3 is 9.84 Å². The lowest BCUT2D eigenvalue weighted by Gasteiger charge is -2.23. The number of ether oxygens (including phenoxy) is 1. The average Bonchev–Trinajstić information content (AvgIpc) is 3.42. The van der Waals surface area contributed by atoms with Crippen LogP contribution in [0.1, 0.15) is 42.1 Å². The molecule has 188 valence electrons. The van der Waals surface area contributed by atoms with Crippen LogP contribution in [0.25, 0.3) is 16.0 Å². The molecule has 6 nitrogen and oxygen atoms in total. The molecule has 37 heavy (non-hydrogen) atoms. The summed E-state index contributed by atoms with van der Waals surface area (Å²) in [5, 5.41) is 12.2. The Hall–Kier alpha value is -3.68. The van der Waals surface area contributed by atoms with Crippen LogP contribution in [0.5, 0.6) is 5.75 Å². The van der Waals surface area contributed by atoms with Gasteiger partial charge in [0.05, 0.1) is 33.5 Å². The fraction of sp³-hybridized carbons (Fsp3) is 0.207. The summed E-state index contributed by atoms with van der Waals surface area (Å²) in [5.41, 5.74) is 3.90. The van der Waals surface area contributed by atoms with Gasteiger partial charge in [-0.15, -0.1) is 0 Å². The lowest BCUT2D eigenvalue weighted by Crippen LogP contribution is -2.29. The molecule has 1 amide bonds. The van der Waals surface area contributed by atoms with E-state index in [1.54, 1.807) is 18.2 Å². The van der Waals surface area contributed by atoms with E-state index in [9.17, 15) is 14.7 Å². The molecule has 1 unspecified atom stereocenters. The molecule has 0 bridgehead atoms. The number of carbonyl (C=O) groups excluding carboxylic acids is 2. The van der Waals surface area contributed by atoms with Gasteiger partial charge in [0, 0.05) is 5.56 Å². The number of nitrogens with zero attached hydrogens (tertiary/aromatic N) is 2. The van der Waals surface area contributed by atoms with E-state index < -0.39 is 17.7 Å². The highest BCUT2D eigenvalue weighted by Crippen LogP contribution is 2.45. The van der Waals surface area contributed by atoms with Gasteiger partial charge in [0.2, 0.25) is 0 Å². The van der Waals surface area contributed by atoms with Crippen molar-refractivity contribution in [2.45, 2.75) is 33.2 Å². The SMILES string of the molecule is CCOc1cc(/C(O)=C2\C(=O)C(=O)N(c3nc4ccc(CC)cc4s3)C2c2cccc(C)c2)ccc1Cl. The summed E-state index contributed by atoms with van der Waals surface area (Å²) in [7, 11) is 0. The minimum absolute atomic E-state index is 0.00567. The molecule has 2 heterocycles. The Morgan fingerprint density at radius 3 is 2.65 bits per heavy atom. The second-order valence-corrected chi connectivity index (χ2v) is 10.2. The number of anilines is 1. The molecule has 0 aliphatic carbocycles. The van der Waals surface area contributed by atoms with Gasteiger partial charge in [0.25, 0.3) is 5.78 Å². The highest BCUT2D eigenvalue weighted by Gasteiger charge is 2.48. The van der Waals surface area contributed by atoms with Gasteiger partial charge in [-0.3, -0.25) is 14.5 Å². The van der Waals surface area contributed by atoms with E-state index in [-0.39, 0.29) is 11.3 Å². The molecule has 1 N–H and O–H groups in total. The molecule has 1 aliphatic rings. The topological polar surface area (TPSA) is 79.7 Å². The Balaban J connectivity index is 1.71. The molecule has 1 aromatic heterocycles. The molecule has 0 spiro atoms. The fourth-order valence-corrected chi connectivity index (χ4v) is 5.77. The number of benzene rings is 3. The van der Waals surface area contributed by atoms with E-state index in [2.05, 4.69) is 13.0 Å². The van der Waals surface area contributed by atoms with Gasteiger partial charge in [-0.1, -0.05) is 65.8 Å². The number of thiazole rings is 1. The van der Waals surface area contributed by atoms with Gasteiger partial charge in [-0.25, -0.2) is 4.98 Å². The summed E-state index contributed by atoms with van der Waals surface area (Å²) in [4.78, 5) is 33.1. The van der Waals surface area contributed by atoms with Crippen molar-refractivity contribution < 1.29 is 19.4 Å². The quantitative estimate of drug-likeness (QED) is 0.167. The maximum absolute atomic E-state index is 13.5. The first-order valence-electron chi connectivity index (χ1n) is 12.0. The summed E-state index contributed by atoms with van der Waals surface area (Å²) >= 11 is 7.59. The van der Waals surface area contributed by atoms with Crippen LogP contribution in [0.2, 0.25) is 5.02 Å². The van der Waals surface area contributed by atoms with Crippen LogP contribution in [0, 0.1) is 6.92 Å². The van der Waals surface area contributed by atoms with Gasteiger partial charge in [0.15, 0.2) is 5.13 Å². The fourth-order valence-electron chi connectivity index (χ4n) is 4.54. The Morgan fingerprint density at radius 1 is 1.11 bits per heavy atom. The molecule has 1 atom stereocenters. The Morgan fingerprint density at radius 2 is 1.92 bits per heavy atom. The number of Topliss-reactive ketones (excluding diaryl/α,β-unsaturated/α-hetero) is 1. The van der Waals surface area contributed by atoms with E-state index in [1.165, 1.54) is 16.2 Å². The smallest absolute Gasteiger partial charge is 0.301 e. The van der Waals surface area contributed by atoms with E-state index in [0.29, 0.717) is 33.6 Å². The lowest BCUT2D eigenvalue weighted by atomic mass is 9.94. The summed E-state index contributed by atoms with van der Waals surface area (Å²) < 4.78 is 6.50. The maximum Gasteiger partial charge on any atom is 0.301 e. The van der Waals surface area contributed by atoms with Crippen LogP contribution in [0.15, 0.2) is 66.2 Å². The Labute approximate surface area is 223 Å². The molecule has 0 saturated carbocycles. The van der Waals surface area contributed by atoms with E-state index in [1.807, 2.05) is 50.2 Å². The number of fused-ring (bicyclic) bond motifs is 1. The predicted octanol–water partition coefficient (Wildman–Crippen LogP) is 6.85. The van der Waals surface area contributed by atoms with Gasteiger partial charge in [-0.05, 0) is 61.7 Å². The molecule has 3 aromatic carbocycles. The zero-order valence-corrected chi connectivity index (χ0v) is 22.2. The van der Waals surface area contributed by atoms with Crippen LogP contribution in [0.4, 0.5) is 5.13 Å². The third-order valence-electron chi connectivity index (χ3n) is 6.36. The highest BCUT2D eigenvalue weighted by molar-refractivity contribution is 7.22. The van der Waals surface area contributed by atoms with Crippen LogP contribution in [0.3, 0.4) is 0 Å². The first kappa shape index (κ1) is 25.0. The van der Waals surface area contributed by atoms with Crippen LogP contribution < -0.4 is 9.64 Å². The van der Waals surface area contributed by atoms with Gasteiger partial charge in [0.1, 0.15) is 11.5 Å². The van der Waals surface area contributed by atoms with Gasteiger partial charge in [-0.2, -0.15) is 0 Å². The zero-order chi connectivity index (χ0) is 26.3. The highest BCUT2D eigenvalue weighted by atomic mass is 35.5. The molecular weight excluding hydrogens is 508 g/mol. The molecule has 8 heteroatoms. The largest absolute Gasteiger partial charge is 0.507 e. The van der Waals surface area contributed by atoms with Crippen molar-refractivity contribution in [3.63, 3.8) is 0 Å². The predicted molar refractivity (Wildman–Crippen MR) is 148 cm³/mol. The normalized spacial score (nSPS) is 17.1. The number of aromatic nitrogens is 1. The number of hydrogen-bond acceptors (Lipinski definition) is 6. The summed E-state index contributed by atoms with van der Waals surface area (Å²) in [6, 6.07) is 17.5. The summed E-state index contributed by atoms with van der Waals surface area (Å²) in [5.74, 6) is -1.42. The molecule has 4 aromatic rings. The lowest BCUT2D eigenvalue weighted by molar-refractivity contribution is -0.132. The number of amides is 1. The maximum atomic E-state index is 13.5. The first-order valence-corrected chi connectivity index (χ1v) is 13.2. The minimum Gasteiger partial charge on any atom is -0.507 e. The van der Waals surface area contributed by atoms with Gasteiger partial charge >= 0.3 is 5.91 Å². The van der Waals surface area contributed by atoms with E-state index in [4.69, 9.17) is 21.3 Å². The van der Waals surface area contributed by atoms with Crippen molar-refractivity contribution in [2.75, 3.05) is 11.5 Å². The van der Waals surface area contributed by atoms with Crippen LogP contribution in [-0.4, -0.2) is 28.4 Å². The van der Waals surface area contributed by atoms with Crippen molar-refractivity contribution in [1.29, 1.82) is 0 Å². The number of ketones is 1. The monoisotopic (exact) mass is 532 g/mol. The summed E-state index contributed by atoms with van der Waals surface area (Å²) in [6.45, 7) is 6.23. The third-order valence-corrected chi connectivity index (χ3v) is 7.69. The average molecular weight is 533 g/mol. The second kappa shape index (κ2) is 10.00. The van der Waals surface area contributed by atoms with Crippen molar-refractivity contribution in [3.05, 3.63) is 93.5 Å². The molecule has 0 radical (unpaired) electrons. The summed E-state index contributed by atoms with van der Waals surface area (Å²) in [6.07, 6.45) is 0.877. The Kier molecular flexibility index (Phi) is 6.75. The number of aliphatic hydroxyl groups excluding tert-OH is 1. The third kappa shape index (κ3) is 4.49. The molecule has 1 fully saturated rings. The van der Waals surface area contributed by atoms with Crippen molar-refractivity contribution in [1.82, 2.24) is 4.98 Å². The number of aryl methyl sites for hydroxylation is 2. The molecular formula is C29H25ClN2O4S. The number of rotatable bonds is 6. The number of aliphatic hydroxyl groups is 1. The Bertz CT molecular complexity index is 1580. The second-order valence-electron chi connectivity index (χ2n) is 8.81. The van der Waals surface area contributed by atoms with Crippen LogP contribution in [-0.2, 0) is 16.0 Å². The standard InChI is InChI=1S/C29H25ClN2O4S/c1-4-17-9-12-21-23(14-17)37-29(31-21)32-25(18-8-6-7-16(3)13-18)24(27(34)28(32)35)26(33)19-10-11-20(30)22(15-19)36-5-2/h6-15,25,33H,4-5H2,1-3H3/b26-24+. The molecule has 5 rings (SSSR count). The molecule has 1 aliphatic heterocycles. The number of halogens is 1. The minimum atomic E-state index is -0.850.